The van der Waals surface area contributed by atoms with E-state index < -0.39 is 11.3 Å². The molecule has 38 heavy (non-hydrogen) atoms. The summed E-state index contributed by atoms with van der Waals surface area (Å²) in [5.74, 6) is -0.382. The van der Waals surface area contributed by atoms with Crippen molar-refractivity contribution >= 4 is 22.9 Å². The maximum Gasteiger partial charge on any atom is 0.159 e. The zero-order valence-electron chi connectivity index (χ0n) is 24.2. The number of fused-ring (bicyclic) bond motifs is 3. The molecule has 0 saturated heterocycles. The molecular formula is C35H40O3. The monoisotopic (exact) mass is 508 g/mol. The number of aryl methyl sites for hydroxylation is 1. The quantitative estimate of drug-likeness (QED) is 0.312. The molecule has 2 aromatic rings. The molecule has 2 unspecified atom stereocenters. The number of Topliss-reactive ketones (excluding diaryl/α,β-unsaturated/α-hetero) is 3. The van der Waals surface area contributed by atoms with Gasteiger partial charge in [-0.15, -0.1) is 0 Å². The zero-order valence-corrected chi connectivity index (χ0v) is 24.2. The van der Waals surface area contributed by atoms with Crippen molar-refractivity contribution in [2.75, 3.05) is 0 Å². The van der Waals surface area contributed by atoms with Crippen molar-refractivity contribution in [2.45, 2.75) is 74.7 Å². The van der Waals surface area contributed by atoms with Crippen molar-refractivity contribution in [3.63, 3.8) is 0 Å². The molecule has 5 rings (SSSR count). The van der Waals surface area contributed by atoms with E-state index in [1.807, 2.05) is 18.2 Å². The molecular weight excluding hydrogens is 468 g/mol. The number of ketones is 3. The standard InChI is InChI=1S/C35H40O3/c1-19-13-14-27(26-12-10-11-25(15-26)23(5)36)28-17-33(7)18-34(8)16-20(2)30(24(6)37)32(38)35(34,9)22(4)31(33)21(3)29(19)28/h10-15,20,30H,3,16-18H2,1-2,4-9H3/t20?,30?,33-,34+,35+/m1/s1. The van der Waals surface area contributed by atoms with Crippen LogP contribution in [0.3, 0.4) is 0 Å². The third kappa shape index (κ3) is 3.43. The van der Waals surface area contributed by atoms with E-state index in [1.165, 1.54) is 16.7 Å². The van der Waals surface area contributed by atoms with Gasteiger partial charge in [-0.2, -0.15) is 0 Å². The Morgan fingerprint density at radius 2 is 1.71 bits per heavy atom. The first-order valence-corrected chi connectivity index (χ1v) is 13.9. The number of hydrogen-bond donors (Lipinski definition) is 0. The van der Waals surface area contributed by atoms with Crippen molar-refractivity contribution in [3.8, 4) is 11.1 Å². The Kier molecular flexibility index (Phi) is 5.91. The van der Waals surface area contributed by atoms with Crippen molar-refractivity contribution in [2.24, 2.45) is 28.1 Å². The van der Waals surface area contributed by atoms with Crippen LogP contribution < -0.4 is 0 Å². The summed E-state index contributed by atoms with van der Waals surface area (Å²) in [6, 6.07) is 12.2. The Bertz CT molecular complexity index is 1470. The van der Waals surface area contributed by atoms with Crippen LogP contribution in [-0.2, 0) is 16.0 Å². The molecule has 3 aliphatic carbocycles. The molecule has 3 nitrogen and oxygen atoms in total. The molecule has 198 valence electrons. The highest BCUT2D eigenvalue weighted by atomic mass is 16.2. The number of benzene rings is 2. The summed E-state index contributed by atoms with van der Waals surface area (Å²) < 4.78 is 0. The summed E-state index contributed by atoms with van der Waals surface area (Å²) in [5, 5.41) is 0. The topological polar surface area (TPSA) is 51.2 Å². The Morgan fingerprint density at radius 1 is 1.03 bits per heavy atom. The molecule has 3 aliphatic rings. The van der Waals surface area contributed by atoms with E-state index in [9.17, 15) is 14.4 Å². The van der Waals surface area contributed by atoms with Crippen molar-refractivity contribution in [1.82, 2.24) is 0 Å². The molecule has 1 saturated carbocycles. The van der Waals surface area contributed by atoms with Gasteiger partial charge in [0.2, 0.25) is 0 Å². The highest BCUT2D eigenvalue weighted by molar-refractivity contribution is 6.07. The van der Waals surface area contributed by atoms with E-state index in [0.29, 0.717) is 5.56 Å². The van der Waals surface area contributed by atoms with Crippen LogP contribution in [0.1, 0.15) is 88.4 Å². The molecule has 0 bridgehead atoms. The molecule has 0 radical (unpaired) electrons. The summed E-state index contributed by atoms with van der Waals surface area (Å²) in [6.07, 6.45) is 2.56. The fourth-order valence-corrected chi connectivity index (χ4v) is 8.82. The van der Waals surface area contributed by atoms with Gasteiger partial charge in [0.15, 0.2) is 11.6 Å². The van der Waals surface area contributed by atoms with Gasteiger partial charge in [0, 0.05) is 5.56 Å². The zero-order chi connectivity index (χ0) is 27.9. The molecule has 2 aromatic carbocycles. The highest BCUT2D eigenvalue weighted by Gasteiger charge is 2.64. The van der Waals surface area contributed by atoms with E-state index in [2.05, 4.69) is 66.3 Å². The lowest BCUT2D eigenvalue weighted by molar-refractivity contribution is -0.154. The van der Waals surface area contributed by atoms with Crippen molar-refractivity contribution in [3.05, 3.63) is 76.4 Å². The molecule has 0 spiro atoms. The minimum Gasteiger partial charge on any atom is -0.299 e. The second-order valence-electron chi connectivity index (χ2n) is 13.1. The SMILES string of the molecule is C=C1C2=C(C)[C@@]3(C)C(=O)C(C(C)=O)C(C)C[C@@]3(C)C[C@@]2(C)Cc2c(-c3cccc(C(C)=O)c3)ccc(C)c21. The highest BCUT2D eigenvalue weighted by Crippen LogP contribution is 2.68. The summed E-state index contributed by atoms with van der Waals surface area (Å²) in [5.41, 5.74) is 8.67. The minimum atomic E-state index is -0.702. The predicted octanol–water partition coefficient (Wildman–Crippen LogP) is 7.99. The maximum atomic E-state index is 14.2. The van der Waals surface area contributed by atoms with E-state index in [1.54, 1.807) is 13.8 Å². The lowest BCUT2D eigenvalue weighted by Crippen LogP contribution is -2.60. The van der Waals surface area contributed by atoms with Crippen molar-refractivity contribution < 1.29 is 14.4 Å². The van der Waals surface area contributed by atoms with E-state index >= 15 is 0 Å². The first kappa shape index (κ1) is 26.5. The van der Waals surface area contributed by atoms with Gasteiger partial charge in [0.25, 0.3) is 0 Å². The Morgan fingerprint density at radius 3 is 2.34 bits per heavy atom. The molecule has 3 heteroatoms. The second-order valence-corrected chi connectivity index (χ2v) is 13.1. The molecule has 0 aliphatic heterocycles. The van der Waals surface area contributed by atoms with Crippen LogP contribution in [-0.4, -0.2) is 17.3 Å². The van der Waals surface area contributed by atoms with Crippen LogP contribution in [0.4, 0.5) is 0 Å². The number of allylic oxidation sites excluding steroid dienone is 3. The molecule has 0 heterocycles. The van der Waals surface area contributed by atoms with Gasteiger partial charge in [-0.25, -0.2) is 0 Å². The van der Waals surface area contributed by atoms with Crippen LogP contribution in [0.25, 0.3) is 16.7 Å². The van der Waals surface area contributed by atoms with Gasteiger partial charge in [-0.3, -0.25) is 14.4 Å². The second kappa shape index (κ2) is 8.46. The van der Waals surface area contributed by atoms with Gasteiger partial charge in [-0.1, -0.05) is 63.3 Å². The van der Waals surface area contributed by atoms with E-state index in [4.69, 9.17) is 0 Å². The summed E-state index contributed by atoms with van der Waals surface area (Å²) in [4.78, 5) is 38.9. The van der Waals surface area contributed by atoms with Crippen LogP contribution in [0, 0.1) is 35.0 Å². The smallest absolute Gasteiger partial charge is 0.159 e. The molecule has 1 fully saturated rings. The largest absolute Gasteiger partial charge is 0.299 e. The Balaban J connectivity index is 1.75. The first-order chi connectivity index (χ1) is 17.7. The minimum absolute atomic E-state index is 0.0157. The fraction of sp³-hybridized carbons (Fsp3) is 0.457. The van der Waals surface area contributed by atoms with Crippen LogP contribution in [0.15, 0.2) is 54.1 Å². The van der Waals surface area contributed by atoms with Crippen molar-refractivity contribution in [1.29, 1.82) is 0 Å². The predicted molar refractivity (Wildman–Crippen MR) is 154 cm³/mol. The van der Waals surface area contributed by atoms with E-state index in [-0.39, 0.29) is 34.1 Å². The number of rotatable bonds is 3. The summed E-state index contributed by atoms with van der Waals surface area (Å²) in [6.45, 7) is 20.9. The lowest BCUT2D eigenvalue weighted by Gasteiger charge is -2.62. The number of hydrogen-bond acceptors (Lipinski definition) is 3. The van der Waals surface area contributed by atoms with Gasteiger partial charge < -0.3 is 0 Å². The summed E-state index contributed by atoms with van der Waals surface area (Å²) >= 11 is 0. The third-order valence-electron chi connectivity index (χ3n) is 10.5. The van der Waals surface area contributed by atoms with Gasteiger partial charge in [0.1, 0.15) is 5.78 Å². The van der Waals surface area contributed by atoms with Crippen LogP contribution in [0.5, 0.6) is 0 Å². The Labute approximate surface area is 227 Å². The fourth-order valence-electron chi connectivity index (χ4n) is 8.82. The third-order valence-corrected chi connectivity index (χ3v) is 10.5. The lowest BCUT2D eigenvalue weighted by atomic mass is 9.40. The van der Waals surface area contributed by atoms with Crippen LogP contribution >= 0.6 is 0 Å². The van der Waals surface area contributed by atoms with Gasteiger partial charge >= 0.3 is 0 Å². The van der Waals surface area contributed by atoms with Gasteiger partial charge in [-0.05, 0) is 116 Å². The maximum absolute atomic E-state index is 14.2. The normalized spacial score (nSPS) is 32.4. The first-order valence-electron chi connectivity index (χ1n) is 13.9. The average Bonchev–Trinajstić information content (AvgIpc) is 2.81. The molecule has 5 atom stereocenters. The Hall–Kier alpha value is -3.07. The molecule has 0 aromatic heterocycles. The van der Waals surface area contributed by atoms with E-state index in [0.717, 1.165) is 47.1 Å². The van der Waals surface area contributed by atoms with Crippen LogP contribution in [0.2, 0.25) is 0 Å². The molecule has 0 amide bonds. The number of carbonyl (C=O) groups excluding carboxylic acids is 3. The number of carbonyl (C=O) groups is 3. The molecule has 0 N–H and O–H groups in total. The summed E-state index contributed by atoms with van der Waals surface area (Å²) in [7, 11) is 0. The van der Waals surface area contributed by atoms with Gasteiger partial charge in [0.05, 0.1) is 11.3 Å². The average molecular weight is 509 g/mol.